The first-order valence-electron chi connectivity index (χ1n) is 12.8. The third-order valence-electron chi connectivity index (χ3n) is 7.63. The molecule has 37 heavy (non-hydrogen) atoms. The summed E-state index contributed by atoms with van der Waals surface area (Å²) in [5, 5.41) is 5.28. The molecule has 0 saturated heterocycles. The highest BCUT2D eigenvalue weighted by molar-refractivity contribution is 7.99. The number of hydrogen-bond acceptors (Lipinski definition) is 2. The first-order chi connectivity index (χ1) is 18.3. The van der Waals surface area contributed by atoms with Gasteiger partial charge < -0.3 is 4.90 Å². The van der Waals surface area contributed by atoms with Gasteiger partial charge in [0.25, 0.3) is 0 Å². The van der Waals surface area contributed by atoms with Crippen LogP contribution in [-0.4, -0.2) is 0 Å². The summed E-state index contributed by atoms with van der Waals surface area (Å²) in [5.74, 6) is 0. The van der Waals surface area contributed by atoms with E-state index < -0.39 is 0 Å². The molecule has 2 heteroatoms. The van der Waals surface area contributed by atoms with Crippen molar-refractivity contribution in [2.75, 3.05) is 4.90 Å². The normalized spacial score (nSPS) is 13.6. The van der Waals surface area contributed by atoms with Gasteiger partial charge in [-0.25, -0.2) is 0 Å². The molecule has 0 aromatic heterocycles. The molecule has 0 spiro atoms. The molecule has 1 nitrogen and oxygen atoms in total. The number of rotatable bonds is 2. The Morgan fingerprint density at radius 1 is 0.649 bits per heavy atom. The molecule has 1 aliphatic heterocycles. The van der Waals surface area contributed by atoms with Crippen LogP contribution in [0.25, 0.3) is 38.7 Å². The monoisotopic (exact) mass is 489 g/mol. The van der Waals surface area contributed by atoms with Crippen LogP contribution in [0.2, 0.25) is 0 Å². The smallest absolute Gasteiger partial charge is 0.0610 e. The van der Waals surface area contributed by atoms with Crippen molar-refractivity contribution in [1.29, 1.82) is 0 Å². The first-order valence-corrected chi connectivity index (χ1v) is 13.6. The Balaban J connectivity index is 1.32. The number of hydrogen-bond donors (Lipinski definition) is 0. The molecule has 0 N–H and O–H groups in total. The number of fused-ring (bicyclic) bond motifs is 4. The summed E-state index contributed by atoms with van der Waals surface area (Å²) in [6, 6.07) is 42.1. The van der Waals surface area contributed by atoms with Crippen molar-refractivity contribution in [3.05, 3.63) is 132 Å². The van der Waals surface area contributed by atoms with Gasteiger partial charge in [0, 0.05) is 15.5 Å². The van der Waals surface area contributed by atoms with Crippen LogP contribution < -0.4 is 4.90 Å². The van der Waals surface area contributed by atoms with Crippen LogP contribution >= 0.6 is 11.8 Å². The summed E-state index contributed by atoms with van der Waals surface area (Å²) in [6.45, 7) is 0. The molecule has 0 amide bonds. The van der Waals surface area contributed by atoms with Gasteiger partial charge in [-0.15, -0.1) is 0 Å². The average Bonchev–Trinajstić information content (AvgIpc) is 2.96. The zero-order valence-corrected chi connectivity index (χ0v) is 21.0. The first kappa shape index (κ1) is 20.9. The van der Waals surface area contributed by atoms with Gasteiger partial charge in [-0.3, -0.25) is 0 Å². The second-order valence-electron chi connectivity index (χ2n) is 9.73. The van der Waals surface area contributed by atoms with E-state index in [4.69, 9.17) is 0 Å². The van der Waals surface area contributed by atoms with E-state index in [1.807, 2.05) is 11.8 Å². The van der Waals surface area contributed by atoms with Crippen LogP contribution in [0.3, 0.4) is 0 Å². The average molecular weight is 490 g/mol. The molecule has 0 radical (unpaired) electrons. The summed E-state index contributed by atoms with van der Waals surface area (Å²) in [4.78, 5) is 5.13. The lowest BCUT2D eigenvalue weighted by Gasteiger charge is -2.35. The predicted octanol–water partition coefficient (Wildman–Crippen LogP) is 10.2. The topological polar surface area (TPSA) is 3.24 Å². The van der Waals surface area contributed by atoms with Gasteiger partial charge >= 0.3 is 0 Å². The van der Waals surface area contributed by atoms with Crippen molar-refractivity contribution >= 4 is 56.4 Å². The van der Waals surface area contributed by atoms with Crippen molar-refractivity contribution in [2.24, 2.45) is 0 Å². The second-order valence-corrected chi connectivity index (χ2v) is 10.8. The summed E-state index contributed by atoms with van der Waals surface area (Å²) >= 11 is 1.92. The Morgan fingerprint density at radius 3 is 2.38 bits per heavy atom. The van der Waals surface area contributed by atoms with Crippen molar-refractivity contribution in [2.45, 2.75) is 16.2 Å². The maximum Gasteiger partial charge on any atom is 0.0610 e. The fourth-order valence-corrected chi connectivity index (χ4v) is 7.16. The quantitative estimate of drug-likeness (QED) is 0.238. The zero-order valence-electron chi connectivity index (χ0n) is 20.2. The molecular weight excluding hydrogens is 466 g/mol. The molecular formula is C35H23NS. The zero-order chi connectivity index (χ0) is 24.3. The molecule has 1 aliphatic carbocycles. The van der Waals surface area contributed by atoms with E-state index in [9.17, 15) is 0 Å². The van der Waals surface area contributed by atoms with Crippen LogP contribution in [0, 0.1) is 0 Å². The lowest BCUT2D eigenvalue weighted by molar-refractivity contribution is 1.12. The van der Waals surface area contributed by atoms with E-state index in [1.54, 1.807) is 0 Å². The minimum absolute atomic E-state index is 0.972. The molecule has 6 aromatic carbocycles. The van der Waals surface area contributed by atoms with Crippen molar-refractivity contribution in [3.8, 4) is 11.1 Å². The van der Waals surface area contributed by atoms with Crippen molar-refractivity contribution < 1.29 is 0 Å². The summed E-state index contributed by atoms with van der Waals surface area (Å²) < 4.78 is 0. The maximum atomic E-state index is 2.45. The number of allylic oxidation sites excluding steroid dienone is 1. The third kappa shape index (κ3) is 3.19. The molecule has 0 bridgehead atoms. The van der Waals surface area contributed by atoms with Gasteiger partial charge in [0.2, 0.25) is 0 Å². The highest BCUT2D eigenvalue weighted by Crippen LogP contribution is 2.55. The van der Waals surface area contributed by atoms with Gasteiger partial charge in [-0.05, 0) is 80.6 Å². The molecule has 0 unspecified atom stereocenters. The standard InChI is InChI=1S/C35H23NS/c1-2-13-28-23(8-1)9-6-14-29(28)24-18-20-27(21-19-24)36-31-16-3-4-17-33(31)37-35-30-15-7-11-25-10-5-12-26(34(25)30)22-32(35)36/h1-14,16-22H,15H2. The van der Waals surface area contributed by atoms with E-state index in [2.05, 4.69) is 132 Å². The highest BCUT2D eigenvalue weighted by Gasteiger charge is 2.28. The second kappa shape index (κ2) is 8.12. The number of nitrogens with zero attached hydrogens (tertiary/aromatic N) is 1. The van der Waals surface area contributed by atoms with Gasteiger partial charge in [-0.1, -0.05) is 109 Å². The largest absolute Gasteiger partial charge is 0.308 e. The molecule has 8 rings (SSSR count). The molecule has 1 heterocycles. The maximum absolute atomic E-state index is 2.45. The van der Waals surface area contributed by atoms with Gasteiger partial charge in [0.05, 0.1) is 11.4 Å². The van der Waals surface area contributed by atoms with Gasteiger partial charge in [0.1, 0.15) is 0 Å². The molecule has 2 aliphatic rings. The van der Waals surface area contributed by atoms with E-state index >= 15 is 0 Å². The Kier molecular flexibility index (Phi) is 4.58. The van der Waals surface area contributed by atoms with Gasteiger partial charge in [0.15, 0.2) is 0 Å². The van der Waals surface area contributed by atoms with Crippen LogP contribution in [-0.2, 0) is 6.42 Å². The van der Waals surface area contributed by atoms with Crippen LogP contribution in [0.5, 0.6) is 0 Å². The minimum Gasteiger partial charge on any atom is -0.308 e. The molecule has 6 aromatic rings. The number of anilines is 3. The lowest BCUT2D eigenvalue weighted by atomic mass is 9.92. The predicted molar refractivity (Wildman–Crippen MR) is 158 cm³/mol. The van der Waals surface area contributed by atoms with Crippen LogP contribution in [0.1, 0.15) is 11.1 Å². The molecule has 0 saturated carbocycles. The molecule has 0 fully saturated rings. The minimum atomic E-state index is 0.972. The number of para-hydroxylation sites is 1. The number of benzene rings is 6. The van der Waals surface area contributed by atoms with E-state index in [0.29, 0.717) is 0 Å². The van der Waals surface area contributed by atoms with Gasteiger partial charge in [-0.2, -0.15) is 0 Å². The Hall–Kier alpha value is -4.27. The SMILES string of the molecule is C1=Cc2cccc3cc4c(c(c23)C1)Sc1ccccc1N4c1ccc(-c2cccc3ccccc23)cc1. The van der Waals surface area contributed by atoms with E-state index in [0.717, 1.165) is 6.42 Å². The van der Waals surface area contributed by atoms with Crippen molar-refractivity contribution in [3.63, 3.8) is 0 Å². The molecule has 174 valence electrons. The van der Waals surface area contributed by atoms with Crippen LogP contribution in [0.15, 0.2) is 131 Å². The van der Waals surface area contributed by atoms with Crippen molar-refractivity contribution in [1.82, 2.24) is 0 Å². The summed E-state index contributed by atoms with van der Waals surface area (Å²) in [5.41, 5.74) is 8.99. The van der Waals surface area contributed by atoms with E-state index in [1.165, 1.54) is 70.7 Å². The fourth-order valence-electron chi connectivity index (χ4n) is 5.97. The lowest BCUT2D eigenvalue weighted by Crippen LogP contribution is -2.16. The Morgan fingerprint density at radius 2 is 1.43 bits per heavy atom. The Bertz CT molecular complexity index is 1880. The van der Waals surface area contributed by atoms with E-state index in [-0.39, 0.29) is 0 Å². The summed E-state index contributed by atoms with van der Waals surface area (Å²) in [7, 11) is 0. The summed E-state index contributed by atoms with van der Waals surface area (Å²) in [6.07, 6.45) is 5.55. The van der Waals surface area contributed by atoms with Crippen LogP contribution in [0.4, 0.5) is 17.1 Å². The third-order valence-corrected chi connectivity index (χ3v) is 8.86. The highest BCUT2D eigenvalue weighted by atomic mass is 32.2. The Labute approximate surface area is 220 Å². The molecule has 0 atom stereocenters. The fraction of sp³-hybridized carbons (Fsp3) is 0.0286.